The molecular weight excluding hydrogens is 186 g/mol. The van der Waals surface area contributed by atoms with Crippen LogP contribution in [0.2, 0.25) is 0 Å². The smallest absolute Gasteiger partial charge is 0.0558 e. The summed E-state index contributed by atoms with van der Waals surface area (Å²) in [6.45, 7) is 2.71. The predicted octanol–water partition coefficient (Wildman–Crippen LogP) is 0.416. The minimum Gasteiger partial charge on any atom is -0.395 e. The number of thioether (sulfide) groups is 1. The highest BCUT2D eigenvalue weighted by Crippen LogP contribution is 2.00. The number of nitrogens with zero attached hydrogens (tertiary/aromatic N) is 1. The van der Waals surface area contributed by atoms with Crippen LogP contribution in [0.3, 0.4) is 0 Å². The van der Waals surface area contributed by atoms with Gasteiger partial charge in [-0.2, -0.15) is 11.8 Å². The molecule has 0 fully saturated rings. The first-order chi connectivity index (χ1) is 6.35. The molecule has 0 spiro atoms. The number of aliphatic hydroxyl groups excluding tert-OH is 2. The third-order valence-corrected chi connectivity index (χ3v) is 2.60. The monoisotopic (exact) mass is 207 g/mol. The zero-order chi connectivity index (χ0) is 9.94. The van der Waals surface area contributed by atoms with Gasteiger partial charge in [-0.05, 0) is 31.4 Å². The molecule has 0 heterocycles. The van der Waals surface area contributed by atoms with Crippen molar-refractivity contribution in [2.24, 2.45) is 0 Å². The third kappa shape index (κ3) is 8.56. The van der Waals surface area contributed by atoms with Crippen molar-refractivity contribution in [2.75, 3.05) is 44.9 Å². The van der Waals surface area contributed by atoms with Crippen LogP contribution in [0.15, 0.2) is 0 Å². The first-order valence-electron chi connectivity index (χ1n) is 4.78. The number of hydrogen-bond donors (Lipinski definition) is 2. The van der Waals surface area contributed by atoms with Crippen LogP contribution in [0.5, 0.6) is 0 Å². The minimum atomic E-state index is 0.183. The molecule has 80 valence electrons. The van der Waals surface area contributed by atoms with Crippen molar-refractivity contribution in [2.45, 2.75) is 12.8 Å². The second kappa shape index (κ2) is 10.3. The third-order valence-electron chi connectivity index (χ3n) is 1.91. The Balaban J connectivity index is 3.33. The molecule has 0 amide bonds. The summed E-state index contributed by atoms with van der Waals surface area (Å²) in [5.41, 5.74) is 0. The van der Waals surface area contributed by atoms with Crippen molar-refractivity contribution in [3.8, 4) is 0 Å². The Labute approximate surface area is 85.1 Å². The maximum atomic E-state index is 8.74. The maximum absolute atomic E-state index is 8.74. The van der Waals surface area contributed by atoms with Crippen LogP contribution in [0.1, 0.15) is 12.8 Å². The van der Waals surface area contributed by atoms with Crippen LogP contribution in [0.25, 0.3) is 0 Å². The largest absolute Gasteiger partial charge is 0.395 e. The lowest BCUT2D eigenvalue weighted by molar-refractivity contribution is 0.160. The van der Waals surface area contributed by atoms with E-state index in [2.05, 4.69) is 11.2 Å². The van der Waals surface area contributed by atoms with E-state index in [-0.39, 0.29) is 13.2 Å². The van der Waals surface area contributed by atoms with Gasteiger partial charge in [0.1, 0.15) is 0 Å². The van der Waals surface area contributed by atoms with E-state index in [4.69, 9.17) is 10.2 Å². The maximum Gasteiger partial charge on any atom is 0.0558 e. The molecule has 0 rings (SSSR count). The molecule has 0 aromatic heterocycles. The van der Waals surface area contributed by atoms with Gasteiger partial charge in [0.15, 0.2) is 0 Å². The van der Waals surface area contributed by atoms with Crippen LogP contribution in [0.4, 0.5) is 0 Å². The Morgan fingerprint density at radius 2 is 1.62 bits per heavy atom. The lowest BCUT2D eigenvalue weighted by Gasteiger charge is -2.19. The average molecular weight is 207 g/mol. The van der Waals surface area contributed by atoms with Crippen molar-refractivity contribution in [3.63, 3.8) is 0 Å². The summed E-state index contributed by atoms with van der Waals surface area (Å²) >= 11 is 1.86. The SMILES string of the molecule is CSCCCCN(CCO)CCO. The molecular formula is C9H21NO2S. The number of unbranched alkanes of at least 4 members (excludes halogenated alkanes) is 1. The fraction of sp³-hybridized carbons (Fsp3) is 1.00. The molecule has 0 unspecified atom stereocenters. The molecule has 0 radical (unpaired) electrons. The molecule has 0 aromatic carbocycles. The van der Waals surface area contributed by atoms with Crippen molar-refractivity contribution >= 4 is 11.8 Å². The van der Waals surface area contributed by atoms with Gasteiger partial charge in [-0.3, -0.25) is 4.90 Å². The number of rotatable bonds is 9. The minimum absolute atomic E-state index is 0.183. The van der Waals surface area contributed by atoms with Crippen LogP contribution >= 0.6 is 11.8 Å². The topological polar surface area (TPSA) is 43.7 Å². The van der Waals surface area contributed by atoms with Gasteiger partial charge in [0.2, 0.25) is 0 Å². The molecule has 3 nitrogen and oxygen atoms in total. The van der Waals surface area contributed by atoms with Crippen molar-refractivity contribution < 1.29 is 10.2 Å². The van der Waals surface area contributed by atoms with E-state index in [9.17, 15) is 0 Å². The van der Waals surface area contributed by atoms with Gasteiger partial charge >= 0.3 is 0 Å². The molecule has 2 N–H and O–H groups in total. The molecule has 0 saturated carbocycles. The molecule has 0 aromatic rings. The number of hydrogen-bond acceptors (Lipinski definition) is 4. The summed E-state index contributed by atoms with van der Waals surface area (Å²) in [5, 5.41) is 17.5. The van der Waals surface area contributed by atoms with Crippen LogP contribution in [-0.4, -0.2) is 60.0 Å². The van der Waals surface area contributed by atoms with Crippen molar-refractivity contribution in [1.29, 1.82) is 0 Å². The molecule has 13 heavy (non-hydrogen) atoms. The summed E-state index contributed by atoms with van der Waals surface area (Å²) in [6.07, 6.45) is 4.48. The second-order valence-corrected chi connectivity index (χ2v) is 3.97. The molecule has 0 aliphatic rings. The van der Waals surface area contributed by atoms with E-state index >= 15 is 0 Å². The van der Waals surface area contributed by atoms with Crippen LogP contribution < -0.4 is 0 Å². The average Bonchev–Trinajstić information content (AvgIpc) is 2.13. The lowest BCUT2D eigenvalue weighted by atomic mass is 10.3. The highest BCUT2D eigenvalue weighted by Gasteiger charge is 2.01. The van der Waals surface area contributed by atoms with Crippen molar-refractivity contribution in [1.82, 2.24) is 4.90 Å². The molecule has 0 bridgehead atoms. The van der Waals surface area contributed by atoms with E-state index in [1.807, 2.05) is 11.8 Å². The van der Waals surface area contributed by atoms with E-state index < -0.39 is 0 Å². The normalized spacial score (nSPS) is 11.1. The Bertz CT molecular complexity index is 97.6. The van der Waals surface area contributed by atoms with Gasteiger partial charge in [-0.1, -0.05) is 0 Å². The van der Waals surface area contributed by atoms with Crippen LogP contribution in [-0.2, 0) is 0 Å². The summed E-state index contributed by atoms with van der Waals surface area (Å²) in [5.74, 6) is 1.20. The van der Waals surface area contributed by atoms with E-state index in [0.717, 1.165) is 13.0 Å². The Morgan fingerprint density at radius 3 is 2.08 bits per heavy atom. The van der Waals surface area contributed by atoms with Gasteiger partial charge in [-0.25, -0.2) is 0 Å². The Hall–Kier alpha value is 0.230. The Kier molecular flexibility index (Phi) is 10.5. The molecule has 4 heteroatoms. The van der Waals surface area contributed by atoms with Gasteiger partial charge in [0, 0.05) is 13.1 Å². The molecule has 0 aliphatic heterocycles. The van der Waals surface area contributed by atoms with Crippen LogP contribution in [0, 0.1) is 0 Å². The van der Waals surface area contributed by atoms with Gasteiger partial charge < -0.3 is 10.2 Å². The molecule has 0 atom stereocenters. The van der Waals surface area contributed by atoms with E-state index in [0.29, 0.717) is 13.1 Å². The van der Waals surface area contributed by atoms with E-state index in [1.165, 1.54) is 12.2 Å². The first kappa shape index (κ1) is 13.2. The Morgan fingerprint density at radius 1 is 1.00 bits per heavy atom. The zero-order valence-electron chi connectivity index (χ0n) is 8.41. The lowest BCUT2D eigenvalue weighted by Crippen LogP contribution is -2.30. The predicted molar refractivity (Wildman–Crippen MR) is 58.2 cm³/mol. The summed E-state index contributed by atoms with van der Waals surface area (Å²) in [4.78, 5) is 2.10. The fourth-order valence-electron chi connectivity index (χ4n) is 1.20. The second-order valence-electron chi connectivity index (χ2n) is 2.99. The fourth-order valence-corrected chi connectivity index (χ4v) is 1.69. The summed E-state index contributed by atoms with van der Waals surface area (Å²) in [7, 11) is 0. The summed E-state index contributed by atoms with van der Waals surface area (Å²) in [6, 6.07) is 0. The highest BCUT2D eigenvalue weighted by molar-refractivity contribution is 7.98. The van der Waals surface area contributed by atoms with Gasteiger partial charge in [-0.15, -0.1) is 0 Å². The standard InChI is InChI=1S/C9H21NO2S/c1-13-9-3-2-4-10(5-7-11)6-8-12/h11-12H,2-9H2,1H3. The highest BCUT2D eigenvalue weighted by atomic mass is 32.2. The van der Waals surface area contributed by atoms with Gasteiger partial charge in [0.25, 0.3) is 0 Å². The van der Waals surface area contributed by atoms with Gasteiger partial charge in [0.05, 0.1) is 13.2 Å². The molecule has 0 saturated heterocycles. The first-order valence-corrected chi connectivity index (χ1v) is 6.17. The van der Waals surface area contributed by atoms with Crippen molar-refractivity contribution in [3.05, 3.63) is 0 Å². The van der Waals surface area contributed by atoms with E-state index in [1.54, 1.807) is 0 Å². The number of aliphatic hydroxyl groups is 2. The quantitative estimate of drug-likeness (QED) is 0.538. The summed E-state index contributed by atoms with van der Waals surface area (Å²) < 4.78 is 0. The zero-order valence-corrected chi connectivity index (χ0v) is 9.22. The molecule has 0 aliphatic carbocycles.